The van der Waals surface area contributed by atoms with Crippen molar-refractivity contribution in [3.63, 3.8) is 0 Å². The van der Waals surface area contributed by atoms with Gasteiger partial charge in [-0.05, 0) is 42.5 Å². The molecule has 8 nitrogen and oxygen atoms in total. The second kappa shape index (κ2) is 10.6. The van der Waals surface area contributed by atoms with E-state index in [-0.39, 0.29) is 37.7 Å². The summed E-state index contributed by atoms with van der Waals surface area (Å²) in [5.41, 5.74) is -2.19. The molecule has 1 aliphatic rings. The largest absolute Gasteiger partial charge is 0.418 e. The molecule has 1 saturated heterocycles. The van der Waals surface area contributed by atoms with Crippen LogP contribution < -0.4 is 15.0 Å². The molecule has 38 heavy (non-hydrogen) atoms. The van der Waals surface area contributed by atoms with Crippen LogP contribution in [-0.2, 0) is 12.4 Å². The Kier molecular flexibility index (Phi) is 7.41. The highest BCUT2D eigenvalue weighted by Crippen LogP contribution is 2.33. The monoisotopic (exact) mass is 539 g/mol. The lowest BCUT2D eigenvalue weighted by atomic mass is 10.1. The van der Waals surface area contributed by atoms with Crippen LogP contribution in [0, 0.1) is 0 Å². The highest BCUT2D eigenvalue weighted by molar-refractivity contribution is 5.96. The summed E-state index contributed by atoms with van der Waals surface area (Å²) in [5.74, 6) is -0.495. The summed E-state index contributed by atoms with van der Waals surface area (Å²) in [6.45, 7) is 0.868. The molecule has 1 fully saturated rings. The van der Waals surface area contributed by atoms with E-state index in [1.54, 1.807) is 4.90 Å². The van der Waals surface area contributed by atoms with E-state index in [1.807, 2.05) is 0 Å². The minimum Gasteiger partial charge on any atom is -0.389 e. The van der Waals surface area contributed by atoms with Crippen molar-refractivity contribution in [2.75, 3.05) is 36.4 Å². The number of alkyl halides is 6. The lowest BCUT2D eigenvalue weighted by Gasteiger charge is -2.35. The van der Waals surface area contributed by atoms with E-state index in [0.29, 0.717) is 5.82 Å². The Bertz CT molecular complexity index is 1290. The number of nitrogens with zero attached hydrogens (tertiary/aromatic N) is 4. The molecule has 3 aromatic rings. The number of piperazine rings is 1. The molecule has 1 aliphatic heterocycles. The molecule has 0 atom stereocenters. The molecule has 1 aromatic heterocycles. The van der Waals surface area contributed by atoms with Crippen LogP contribution in [0.25, 0.3) is 0 Å². The van der Waals surface area contributed by atoms with E-state index in [1.165, 1.54) is 29.2 Å². The van der Waals surface area contributed by atoms with Gasteiger partial charge in [0.15, 0.2) is 5.82 Å². The average molecular weight is 539 g/mol. The zero-order valence-electron chi connectivity index (χ0n) is 19.4. The molecule has 2 aromatic carbocycles. The quantitative estimate of drug-likeness (QED) is 0.465. The molecule has 0 aliphatic carbocycles. The number of halogens is 6. The van der Waals surface area contributed by atoms with Gasteiger partial charge >= 0.3 is 18.4 Å². The van der Waals surface area contributed by atoms with E-state index < -0.39 is 41.0 Å². The first-order valence-electron chi connectivity index (χ1n) is 11.1. The molecular formula is C24H19F6N5O3. The number of rotatable bonds is 4. The van der Waals surface area contributed by atoms with Crippen LogP contribution in [0.2, 0.25) is 0 Å². The van der Waals surface area contributed by atoms with Crippen LogP contribution in [-0.4, -0.2) is 53.3 Å². The van der Waals surface area contributed by atoms with Crippen molar-refractivity contribution in [2.45, 2.75) is 12.4 Å². The van der Waals surface area contributed by atoms with Crippen molar-refractivity contribution in [1.82, 2.24) is 15.1 Å². The number of hydrogen-bond acceptors (Lipinski definition) is 6. The third-order valence-electron chi connectivity index (χ3n) is 5.64. The predicted molar refractivity (Wildman–Crippen MR) is 123 cm³/mol. The Balaban J connectivity index is 1.31. The van der Waals surface area contributed by atoms with Crippen LogP contribution >= 0.6 is 0 Å². The van der Waals surface area contributed by atoms with Gasteiger partial charge in [-0.2, -0.15) is 26.3 Å². The number of anilines is 2. The van der Waals surface area contributed by atoms with Crippen molar-refractivity contribution in [1.29, 1.82) is 0 Å². The summed E-state index contributed by atoms with van der Waals surface area (Å²) < 4.78 is 82.7. The van der Waals surface area contributed by atoms with Gasteiger partial charge in [-0.25, -0.2) is 4.79 Å². The molecule has 0 unspecified atom stereocenters. The number of hydrogen-bond donors (Lipinski definition) is 1. The SMILES string of the molecule is O=C(Nc1ccc(C(F)(F)F)cc1)Oc1ccc(N2CCN(C(=O)c3ccccc3C(F)(F)F)CC2)nn1. The van der Waals surface area contributed by atoms with Gasteiger partial charge in [0.25, 0.3) is 5.91 Å². The number of amides is 2. The lowest BCUT2D eigenvalue weighted by molar-refractivity contribution is -0.138. The van der Waals surface area contributed by atoms with E-state index >= 15 is 0 Å². The first-order valence-corrected chi connectivity index (χ1v) is 11.1. The van der Waals surface area contributed by atoms with Crippen LogP contribution in [0.5, 0.6) is 5.88 Å². The number of ether oxygens (including phenoxy) is 1. The third-order valence-corrected chi connectivity index (χ3v) is 5.64. The Morgan fingerprint density at radius 1 is 0.789 bits per heavy atom. The van der Waals surface area contributed by atoms with Crippen molar-refractivity contribution < 1.29 is 40.7 Å². The van der Waals surface area contributed by atoms with Gasteiger partial charge in [0, 0.05) is 37.9 Å². The number of benzene rings is 2. The fraction of sp³-hybridized carbons (Fsp3) is 0.250. The summed E-state index contributed by atoms with van der Waals surface area (Å²) in [5, 5.41) is 10.0. The topological polar surface area (TPSA) is 87.7 Å². The Labute approximate surface area is 211 Å². The second-order valence-corrected chi connectivity index (χ2v) is 8.14. The van der Waals surface area contributed by atoms with E-state index in [9.17, 15) is 35.9 Å². The van der Waals surface area contributed by atoms with Gasteiger partial charge in [-0.3, -0.25) is 10.1 Å². The average Bonchev–Trinajstić information content (AvgIpc) is 2.88. The number of carbonyl (C=O) groups is 2. The summed E-state index contributed by atoms with van der Waals surface area (Å²) in [6.07, 6.45) is -10.1. The third kappa shape index (κ3) is 6.30. The van der Waals surface area contributed by atoms with Gasteiger partial charge in [-0.1, -0.05) is 12.1 Å². The Morgan fingerprint density at radius 3 is 2.03 bits per heavy atom. The molecular weight excluding hydrogens is 520 g/mol. The summed E-state index contributed by atoms with van der Waals surface area (Å²) >= 11 is 0. The van der Waals surface area contributed by atoms with Crippen LogP contribution in [0.4, 0.5) is 42.6 Å². The van der Waals surface area contributed by atoms with E-state index in [0.717, 1.165) is 36.4 Å². The van der Waals surface area contributed by atoms with Crippen LogP contribution in [0.15, 0.2) is 60.7 Å². The smallest absolute Gasteiger partial charge is 0.389 e. The Hall–Kier alpha value is -4.36. The number of carbonyl (C=O) groups excluding carboxylic acids is 2. The first kappa shape index (κ1) is 26.7. The lowest BCUT2D eigenvalue weighted by Crippen LogP contribution is -2.49. The molecule has 1 N–H and O–H groups in total. The van der Waals surface area contributed by atoms with Crippen LogP contribution in [0.1, 0.15) is 21.5 Å². The predicted octanol–water partition coefficient (Wildman–Crippen LogP) is 5.09. The summed E-state index contributed by atoms with van der Waals surface area (Å²) in [7, 11) is 0. The maximum atomic E-state index is 13.3. The molecule has 0 spiro atoms. The minimum atomic E-state index is -4.65. The number of aromatic nitrogens is 2. The maximum Gasteiger partial charge on any atom is 0.418 e. The van der Waals surface area contributed by atoms with Gasteiger partial charge < -0.3 is 14.5 Å². The van der Waals surface area contributed by atoms with E-state index in [4.69, 9.17) is 4.74 Å². The normalized spacial score (nSPS) is 14.3. The van der Waals surface area contributed by atoms with Crippen molar-refractivity contribution >= 4 is 23.5 Å². The summed E-state index contributed by atoms with van der Waals surface area (Å²) in [6, 6.07) is 11.2. The van der Waals surface area contributed by atoms with Gasteiger partial charge in [0.2, 0.25) is 5.88 Å². The van der Waals surface area contributed by atoms with Crippen molar-refractivity contribution in [3.05, 3.63) is 77.4 Å². The molecule has 200 valence electrons. The fourth-order valence-corrected chi connectivity index (χ4v) is 3.74. The van der Waals surface area contributed by atoms with Crippen LogP contribution in [0.3, 0.4) is 0 Å². The summed E-state index contributed by atoms with van der Waals surface area (Å²) in [4.78, 5) is 27.8. The number of nitrogens with one attached hydrogen (secondary N) is 1. The highest BCUT2D eigenvalue weighted by atomic mass is 19.4. The molecule has 4 rings (SSSR count). The Morgan fingerprint density at radius 2 is 1.45 bits per heavy atom. The highest BCUT2D eigenvalue weighted by Gasteiger charge is 2.36. The molecule has 0 saturated carbocycles. The molecule has 2 amide bonds. The minimum absolute atomic E-state index is 0.0813. The second-order valence-electron chi connectivity index (χ2n) is 8.14. The van der Waals surface area contributed by atoms with Gasteiger partial charge in [-0.15, -0.1) is 10.2 Å². The van der Waals surface area contributed by atoms with Gasteiger partial charge in [0.05, 0.1) is 16.7 Å². The van der Waals surface area contributed by atoms with Crippen molar-refractivity contribution in [2.24, 2.45) is 0 Å². The molecule has 0 bridgehead atoms. The van der Waals surface area contributed by atoms with Gasteiger partial charge in [0.1, 0.15) is 0 Å². The molecule has 2 heterocycles. The maximum absolute atomic E-state index is 13.3. The molecule has 0 radical (unpaired) electrons. The standard InChI is InChI=1S/C24H19F6N5O3/c25-23(26,27)15-5-7-16(8-6-15)31-22(37)38-20-10-9-19(32-33-20)34-11-13-35(14-12-34)21(36)17-3-1-2-4-18(17)24(28,29)30/h1-10H,11-14H2,(H,31,37). The fourth-order valence-electron chi connectivity index (χ4n) is 3.74. The first-order chi connectivity index (χ1) is 17.9. The van der Waals surface area contributed by atoms with E-state index in [2.05, 4.69) is 15.5 Å². The molecule has 14 heteroatoms. The zero-order valence-corrected chi connectivity index (χ0v) is 19.4. The zero-order chi connectivity index (χ0) is 27.5. The van der Waals surface area contributed by atoms with Crippen molar-refractivity contribution in [3.8, 4) is 5.88 Å².